The molecule has 1 unspecified atom stereocenters. The van der Waals surface area contributed by atoms with Crippen molar-refractivity contribution in [3.05, 3.63) is 63.7 Å². The number of nitro groups is 1. The van der Waals surface area contributed by atoms with Crippen LogP contribution in [0.5, 0.6) is 0 Å². The molecule has 0 radical (unpaired) electrons. The second-order valence-corrected chi connectivity index (χ2v) is 4.58. The highest BCUT2D eigenvalue weighted by Crippen LogP contribution is 2.28. The summed E-state index contributed by atoms with van der Waals surface area (Å²) < 4.78 is 13.1. The van der Waals surface area contributed by atoms with Crippen LogP contribution in [0.4, 0.5) is 15.8 Å². The number of pyridine rings is 1. The summed E-state index contributed by atoms with van der Waals surface area (Å²) in [7, 11) is 0. The molecule has 20 heavy (non-hydrogen) atoms. The highest BCUT2D eigenvalue weighted by Gasteiger charge is 2.16. The smallest absolute Gasteiger partial charge is 0.292 e. The Bertz CT molecular complexity index is 646. The number of hydrogen-bond donors (Lipinski definition) is 1. The summed E-state index contributed by atoms with van der Waals surface area (Å²) >= 11 is 0. The van der Waals surface area contributed by atoms with E-state index in [9.17, 15) is 14.5 Å². The molecule has 0 aliphatic heterocycles. The Morgan fingerprint density at radius 3 is 2.75 bits per heavy atom. The van der Waals surface area contributed by atoms with Gasteiger partial charge in [0.1, 0.15) is 11.5 Å². The summed E-state index contributed by atoms with van der Waals surface area (Å²) in [5.41, 5.74) is 1.83. The number of nitro benzene ring substituents is 1. The van der Waals surface area contributed by atoms with Gasteiger partial charge >= 0.3 is 0 Å². The summed E-state index contributed by atoms with van der Waals surface area (Å²) in [5, 5.41) is 14.1. The minimum Gasteiger partial charge on any atom is -0.373 e. The van der Waals surface area contributed by atoms with Gasteiger partial charge in [-0.15, -0.1) is 0 Å². The predicted octanol–water partition coefficient (Wildman–Crippen LogP) is 3.61. The van der Waals surface area contributed by atoms with E-state index in [0.29, 0.717) is 11.3 Å². The lowest BCUT2D eigenvalue weighted by Gasteiger charge is -2.15. The fraction of sp³-hybridized carbons (Fsp3) is 0.214. The second-order valence-electron chi connectivity index (χ2n) is 4.58. The SMILES string of the molecule is Cc1ccc(NC(C)c2cncc(F)c2)c([N+](=O)[O-])c1. The second kappa shape index (κ2) is 5.64. The number of hydrogen-bond acceptors (Lipinski definition) is 4. The van der Waals surface area contributed by atoms with Crippen LogP contribution >= 0.6 is 0 Å². The first-order chi connectivity index (χ1) is 9.47. The maximum absolute atomic E-state index is 13.1. The van der Waals surface area contributed by atoms with Crippen molar-refractivity contribution in [3.8, 4) is 0 Å². The third kappa shape index (κ3) is 3.09. The number of aromatic nitrogens is 1. The lowest BCUT2D eigenvalue weighted by atomic mass is 10.1. The first-order valence-corrected chi connectivity index (χ1v) is 6.09. The highest BCUT2D eigenvalue weighted by molar-refractivity contribution is 5.63. The van der Waals surface area contributed by atoms with Crippen LogP contribution in [-0.2, 0) is 0 Å². The molecule has 0 aliphatic rings. The number of anilines is 1. The topological polar surface area (TPSA) is 68.1 Å². The van der Waals surface area contributed by atoms with Crippen molar-refractivity contribution < 1.29 is 9.31 Å². The zero-order chi connectivity index (χ0) is 14.7. The van der Waals surface area contributed by atoms with E-state index in [1.165, 1.54) is 18.3 Å². The summed E-state index contributed by atoms with van der Waals surface area (Å²) in [6, 6.07) is 5.99. The molecule has 0 bridgehead atoms. The van der Waals surface area contributed by atoms with E-state index >= 15 is 0 Å². The van der Waals surface area contributed by atoms with Crippen LogP contribution in [0.3, 0.4) is 0 Å². The van der Waals surface area contributed by atoms with E-state index in [-0.39, 0.29) is 11.7 Å². The summed E-state index contributed by atoms with van der Waals surface area (Å²) in [5.74, 6) is -0.436. The number of benzene rings is 1. The molecule has 6 heteroatoms. The van der Waals surface area contributed by atoms with E-state index in [1.54, 1.807) is 26.0 Å². The molecule has 1 heterocycles. The van der Waals surface area contributed by atoms with Crippen LogP contribution in [0, 0.1) is 22.9 Å². The van der Waals surface area contributed by atoms with Gasteiger partial charge in [-0.1, -0.05) is 6.07 Å². The Morgan fingerprint density at radius 1 is 1.35 bits per heavy atom. The van der Waals surface area contributed by atoms with Gasteiger partial charge in [0, 0.05) is 12.3 Å². The van der Waals surface area contributed by atoms with Crippen molar-refractivity contribution >= 4 is 11.4 Å². The number of halogens is 1. The highest BCUT2D eigenvalue weighted by atomic mass is 19.1. The first-order valence-electron chi connectivity index (χ1n) is 6.09. The van der Waals surface area contributed by atoms with E-state index in [0.717, 1.165) is 11.8 Å². The molecule has 0 amide bonds. The van der Waals surface area contributed by atoms with Crippen molar-refractivity contribution in [1.82, 2.24) is 4.98 Å². The molecular formula is C14H14FN3O2. The van der Waals surface area contributed by atoms with Gasteiger partial charge in [0.15, 0.2) is 0 Å². The normalized spacial score (nSPS) is 11.9. The van der Waals surface area contributed by atoms with Crippen LogP contribution in [0.25, 0.3) is 0 Å². The van der Waals surface area contributed by atoms with Gasteiger partial charge in [-0.2, -0.15) is 0 Å². The van der Waals surface area contributed by atoms with E-state index < -0.39 is 10.7 Å². The van der Waals surface area contributed by atoms with Crippen LogP contribution < -0.4 is 5.32 Å². The third-order valence-electron chi connectivity index (χ3n) is 2.95. The van der Waals surface area contributed by atoms with Crippen LogP contribution in [0.15, 0.2) is 36.7 Å². The molecular weight excluding hydrogens is 261 g/mol. The summed E-state index contributed by atoms with van der Waals surface area (Å²) in [6.07, 6.45) is 2.64. The molecule has 1 aromatic carbocycles. The maximum Gasteiger partial charge on any atom is 0.292 e. The molecule has 1 aromatic heterocycles. The van der Waals surface area contributed by atoms with E-state index in [4.69, 9.17) is 0 Å². The number of nitrogens with one attached hydrogen (secondary N) is 1. The predicted molar refractivity (Wildman–Crippen MR) is 74.1 cm³/mol. The van der Waals surface area contributed by atoms with Crippen molar-refractivity contribution in [2.45, 2.75) is 19.9 Å². The molecule has 2 aromatic rings. The Hall–Kier alpha value is -2.50. The quantitative estimate of drug-likeness (QED) is 0.683. The minimum absolute atomic E-state index is 0.00112. The Balaban J connectivity index is 2.28. The van der Waals surface area contributed by atoms with Crippen molar-refractivity contribution in [2.75, 3.05) is 5.32 Å². The van der Waals surface area contributed by atoms with Gasteiger partial charge in [-0.3, -0.25) is 15.1 Å². The monoisotopic (exact) mass is 275 g/mol. The van der Waals surface area contributed by atoms with Gasteiger partial charge in [-0.25, -0.2) is 4.39 Å². The van der Waals surface area contributed by atoms with Crippen molar-refractivity contribution in [2.24, 2.45) is 0 Å². The van der Waals surface area contributed by atoms with E-state index in [1.807, 2.05) is 0 Å². The fourth-order valence-corrected chi connectivity index (χ4v) is 1.90. The van der Waals surface area contributed by atoms with Gasteiger partial charge in [0.05, 0.1) is 17.2 Å². The van der Waals surface area contributed by atoms with Gasteiger partial charge in [0.25, 0.3) is 5.69 Å². The van der Waals surface area contributed by atoms with E-state index in [2.05, 4.69) is 10.3 Å². The van der Waals surface area contributed by atoms with Gasteiger partial charge in [-0.05, 0) is 37.1 Å². The maximum atomic E-state index is 13.1. The Kier molecular flexibility index (Phi) is 3.93. The Labute approximate surface area is 115 Å². The molecule has 0 fully saturated rings. The number of nitrogens with zero attached hydrogens (tertiary/aromatic N) is 2. The number of aryl methyl sites for hydroxylation is 1. The minimum atomic E-state index is -0.439. The van der Waals surface area contributed by atoms with Crippen LogP contribution in [0.2, 0.25) is 0 Å². The van der Waals surface area contributed by atoms with Gasteiger partial charge in [0.2, 0.25) is 0 Å². The largest absolute Gasteiger partial charge is 0.373 e. The molecule has 5 nitrogen and oxygen atoms in total. The molecule has 0 aliphatic carbocycles. The lowest BCUT2D eigenvalue weighted by Crippen LogP contribution is -2.09. The summed E-state index contributed by atoms with van der Waals surface area (Å²) in [6.45, 7) is 3.58. The standard InChI is InChI=1S/C14H14FN3O2/c1-9-3-4-13(14(5-9)18(19)20)17-10(2)11-6-12(15)8-16-7-11/h3-8,10,17H,1-2H3. The Morgan fingerprint density at radius 2 is 2.10 bits per heavy atom. The molecule has 104 valence electrons. The first kappa shape index (κ1) is 13.9. The summed E-state index contributed by atoms with van der Waals surface area (Å²) in [4.78, 5) is 14.4. The molecule has 0 saturated heterocycles. The van der Waals surface area contributed by atoms with Crippen LogP contribution in [0.1, 0.15) is 24.1 Å². The zero-order valence-corrected chi connectivity index (χ0v) is 11.1. The number of rotatable bonds is 4. The lowest BCUT2D eigenvalue weighted by molar-refractivity contribution is -0.384. The molecule has 2 rings (SSSR count). The molecule has 0 spiro atoms. The van der Waals surface area contributed by atoms with Gasteiger partial charge < -0.3 is 5.32 Å². The average molecular weight is 275 g/mol. The third-order valence-corrected chi connectivity index (χ3v) is 2.95. The average Bonchev–Trinajstić information content (AvgIpc) is 2.40. The molecule has 1 atom stereocenters. The molecule has 0 saturated carbocycles. The van der Waals surface area contributed by atoms with Crippen molar-refractivity contribution in [1.29, 1.82) is 0 Å². The fourth-order valence-electron chi connectivity index (χ4n) is 1.90. The van der Waals surface area contributed by atoms with Crippen LogP contribution in [-0.4, -0.2) is 9.91 Å². The molecule has 1 N–H and O–H groups in total. The zero-order valence-electron chi connectivity index (χ0n) is 11.1. The van der Waals surface area contributed by atoms with Crippen molar-refractivity contribution in [3.63, 3.8) is 0 Å².